The molecule has 0 bridgehead atoms. The van der Waals surface area contributed by atoms with Gasteiger partial charge in [0.2, 0.25) is 11.8 Å². The zero-order chi connectivity index (χ0) is 49.5. The molecule has 3 N–H and O–H groups in total. The standard InChI is InChI=1S/C55H54N10O6S/c1-33-37(38-19-22-46(57-50(38)54(69)70)65-27-25-35-9-5-11-39(42(35)32-65)52(67)60-55-56-43-12-3-4-14-45(43)72-55)10-6-13-44(33)71-36-17-15-34(16-18-36)8-7-26-63-28-30-64(31-29-63)47-23-20-40-49(61-62(2)51(40)58-47)41-21-24-48(66)59-53(41)68/h3-5,9,11-15,17,19-20,22-23,34,36,41H,7-8,16,18,21,24-32H2,1-2H3,(H,69,70)(H,56,60,67)(H,59,66,68). The van der Waals surface area contributed by atoms with Crippen molar-refractivity contribution < 1.29 is 29.0 Å². The van der Waals surface area contributed by atoms with E-state index in [4.69, 9.17) is 14.7 Å². The lowest BCUT2D eigenvalue weighted by molar-refractivity contribution is -0.134. The molecule has 2 aromatic carbocycles. The number of thiazole rings is 1. The van der Waals surface area contributed by atoms with E-state index in [2.05, 4.69) is 54.1 Å². The molecule has 3 unspecified atom stereocenters. The number of hydrogen-bond donors (Lipinski definition) is 3. The summed E-state index contributed by atoms with van der Waals surface area (Å²) >= 11 is 1.43. The maximum atomic E-state index is 13.7. The average molecular weight is 983 g/mol. The Hall–Kier alpha value is -7.68. The first kappa shape index (κ1) is 46.7. The number of fused-ring (bicyclic) bond motifs is 3. The van der Waals surface area contributed by atoms with Crippen LogP contribution in [0, 0.1) is 5.92 Å². The number of nitrogens with one attached hydrogen (secondary N) is 2. The highest BCUT2D eigenvalue weighted by atomic mass is 32.1. The van der Waals surface area contributed by atoms with Gasteiger partial charge in [0, 0.05) is 86.5 Å². The lowest BCUT2D eigenvalue weighted by Gasteiger charge is -2.35. The van der Waals surface area contributed by atoms with Gasteiger partial charge >= 0.3 is 5.97 Å². The first-order valence-electron chi connectivity index (χ1n) is 24.7. The summed E-state index contributed by atoms with van der Waals surface area (Å²) in [5, 5.41) is 22.0. The first-order chi connectivity index (χ1) is 35.0. The molecule has 5 aliphatic rings. The van der Waals surface area contributed by atoms with Crippen LogP contribution < -0.4 is 20.4 Å². The number of aryl methyl sites for hydroxylation is 1. The Balaban J connectivity index is 0.673. The van der Waals surface area contributed by atoms with E-state index in [-0.39, 0.29) is 29.5 Å². The van der Waals surface area contributed by atoms with Gasteiger partial charge in [0.25, 0.3) is 5.91 Å². The number of aromatic carboxylic acids is 1. The van der Waals surface area contributed by atoms with E-state index in [9.17, 15) is 24.3 Å². The molecule has 72 heavy (non-hydrogen) atoms. The number of pyridine rings is 2. The average Bonchev–Trinajstić information content (AvgIpc) is 3.96. The lowest BCUT2D eigenvalue weighted by atomic mass is 9.90. The van der Waals surface area contributed by atoms with Crippen LogP contribution in [0.2, 0.25) is 0 Å². The van der Waals surface area contributed by atoms with E-state index in [1.165, 1.54) is 11.3 Å². The minimum Gasteiger partial charge on any atom is -0.485 e. The zero-order valence-corrected chi connectivity index (χ0v) is 41.0. The zero-order valence-electron chi connectivity index (χ0n) is 40.2. The monoisotopic (exact) mass is 982 g/mol. The van der Waals surface area contributed by atoms with Crippen molar-refractivity contribution in [2.45, 2.75) is 70.4 Å². The van der Waals surface area contributed by atoms with Crippen LogP contribution in [0.1, 0.15) is 94.6 Å². The number of carbonyl (C=O) groups excluding carboxylic acids is 3. The fourth-order valence-electron chi connectivity index (χ4n) is 10.6. The topological polar surface area (TPSA) is 188 Å². The Morgan fingerprint density at radius 2 is 1.74 bits per heavy atom. The summed E-state index contributed by atoms with van der Waals surface area (Å²) in [6.45, 7) is 7.61. The van der Waals surface area contributed by atoms with E-state index in [1.807, 2.05) is 79.5 Å². The predicted octanol–water partition coefficient (Wildman–Crippen LogP) is 7.94. The largest absolute Gasteiger partial charge is 0.485 e. The maximum absolute atomic E-state index is 13.7. The SMILES string of the molecule is CC1=C(OC2C=CC(CCCN3CCN(c4ccc5c(C6CCC(=O)NC6=O)nn(C)c5n4)CC3)CC2)C=C=C=C1c1ccc(N2CCc3cccc(C(=O)Nc4nc5ccccc5s4)c3C2)nc1C(=O)O. The minimum absolute atomic E-state index is 0.0875. The van der Waals surface area contributed by atoms with Crippen molar-refractivity contribution >= 4 is 78.6 Å². The fraction of sp³-hybridized carbons (Fsp3) is 0.345. The summed E-state index contributed by atoms with van der Waals surface area (Å²) in [5.74, 6) is 0.148. The molecule has 3 aliphatic heterocycles. The fourth-order valence-corrected chi connectivity index (χ4v) is 11.5. The number of carboxylic acid groups (broad SMARTS) is 1. The number of amides is 3. The van der Waals surface area contributed by atoms with Crippen LogP contribution in [0.4, 0.5) is 16.8 Å². The Morgan fingerprint density at radius 1 is 0.903 bits per heavy atom. The third-order valence-electron chi connectivity index (χ3n) is 14.6. The molecule has 4 aromatic heterocycles. The number of nitrogens with zero attached hydrogens (tertiary/aromatic N) is 8. The van der Waals surface area contributed by atoms with Gasteiger partial charge in [0.05, 0.1) is 21.8 Å². The number of rotatable bonds is 13. The second-order valence-corrected chi connectivity index (χ2v) is 20.1. The van der Waals surface area contributed by atoms with Crippen LogP contribution in [0.5, 0.6) is 0 Å². The molecular formula is C55H54N10O6S. The number of benzene rings is 2. The van der Waals surface area contributed by atoms with Gasteiger partial charge in [0.1, 0.15) is 23.5 Å². The lowest BCUT2D eigenvalue weighted by Crippen LogP contribution is -2.47. The molecule has 17 heteroatoms. The number of carbonyl (C=O) groups is 4. The number of ether oxygens (including phenoxy) is 1. The second kappa shape index (κ2) is 19.8. The summed E-state index contributed by atoms with van der Waals surface area (Å²) in [6.07, 6.45) is 11.6. The quantitative estimate of drug-likeness (QED) is 0.0576. The number of para-hydroxylation sites is 1. The van der Waals surface area contributed by atoms with Crippen molar-refractivity contribution in [2.75, 3.05) is 54.4 Å². The van der Waals surface area contributed by atoms with Gasteiger partial charge in [-0.25, -0.2) is 19.7 Å². The summed E-state index contributed by atoms with van der Waals surface area (Å²) in [5.41, 5.74) is 12.7. The van der Waals surface area contributed by atoms with Crippen LogP contribution >= 0.6 is 11.3 Å². The molecule has 0 saturated carbocycles. The van der Waals surface area contributed by atoms with Crippen LogP contribution in [0.15, 0.2) is 108 Å². The minimum atomic E-state index is -1.15. The number of anilines is 3. The number of allylic oxidation sites excluding steroid dienone is 4. The van der Waals surface area contributed by atoms with Gasteiger partial charge in [-0.2, -0.15) is 5.10 Å². The van der Waals surface area contributed by atoms with Gasteiger partial charge in [0.15, 0.2) is 16.5 Å². The summed E-state index contributed by atoms with van der Waals surface area (Å²) in [6, 6.07) is 21.2. The highest BCUT2D eigenvalue weighted by Gasteiger charge is 2.33. The van der Waals surface area contributed by atoms with Crippen molar-refractivity contribution in [3.63, 3.8) is 0 Å². The van der Waals surface area contributed by atoms with Gasteiger partial charge in [-0.15, -0.1) is 0 Å². The molecule has 16 nitrogen and oxygen atoms in total. The summed E-state index contributed by atoms with van der Waals surface area (Å²) in [7, 11) is 1.85. The van der Waals surface area contributed by atoms with Gasteiger partial charge < -0.3 is 19.6 Å². The maximum Gasteiger partial charge on any atom is 0.355 e. The van der Waals surface area contributed by atoms with Crippen LogP contribution in [0.3, 0.4) is 0 Å². The molecule has 2 fully saturated rings. The molecule has 7 heterocycles. The molecule has 0 spiro atoms. The number of imide groups is 1. The van der Waals surface area contributed by atoms with E-state index < -0.39 is 11.9 Å². The van der Waals surface area contributed by atoms with Gasteiger partial charge in [-0.05, 0) is 118 Å². The molecule has 2 saturated heterocycles. The third-order valence-corrected chi connectivity index (χ3v) is 15.5. The van der Waals surface area contributed by atoms with Crippen molar-refractivity contribution in [1.29, 1.82) is 0 Å². The molecule has 366 valence electrons. The highest BCUT2D eigenvalue weighted by molar-refractivity contribution is 7.22. The van der Waals surface area contributed by atoms with Gasteiger partial charge in [-0.1, -0.05) is 53.1 Å². The predicted molar refractivity (Wildman–Crippen MR) is 276 cm³/mol. The van der Waals surface area contributed by atoms with Gasteiger partial charge in [-0.3, -0.25) is 34.6 Å². The van der Waals surface area contributed by atoms with E-state index in [0.29, 0.717) is 77.4 Å². The van der Waals surface area contributed by atoms with Crippen molar-refractivity contribution in [2.24, 2.45) is 13.0 Å². The van der Waals surface area contributed by atoms with E-state index in [1.54, 1.807) is 16.8 Å². The molecule has 3 amide bonds. The Labute approximate surface area is 420 Å². The molecule has 11 rings (SSSR count). The number of carboxylic acids is 1. The molecule has 3 atom stereocenters. The Bertz CT molecular complexity index is 3320. The Kier molecular flexibility index (Phi) is 12.9. The number of piperidine rings is 1. The second-order valence-electron chi connectivity index (χ2n) is 19.1. The first-order valence-corrected chi connectivity index (χ1v) is 25.5. The summed E-state index contributed by atoms with van der Waals surface area (Å²) in [4.78, 5) is 71.9. The van der Waals surface area contributed by atoms with E-state index in [0.717, 1.165) is 102 Å². The van der Waals surface area contributed by atoms with E-state index >= 15 is 0 Å². The highest BCUT2D eigenvalue weighted by Crippen LogP contribution is 2.36. The van der Waals surface area contributed by atoms with Crippen LogP contribution in [-0.4, -0.2) is 104 Å². The molecular weight excluding hydrogens is 929 g/mol. The molecule has 0 radical (unpaired) electrons. The Morgan fingerprint density at radius 3 is 2.54 bits per heavy atom. The number of hydrogen-bond acceptors (Lipinski definition) is 13. The van der Waals surface area contributed by atoms with Crippen molar-refractivity contribution in [1.82, 2.24) is 34.9 Å². The number of piperazine rings is 1. The van der Waals surface area contributed by atoms with Crippen LogP contribution in [-0.2, 0) is 34.3 Å². The smallest absolute Gasteiger partial charge is 0.355 e. The normalized spacial score (nSPS) is 20.2. The molecule has 2 aliphatic carbocycles. The third kappa shape index (κ3) is 9.47. The van der Waals surface area contributed by atoms with Crippen LogP contribution in [0.25, 0.3) is 26.8 Å². The molecule has 6 aromatic rings. The summed E-state index contributed by atoms with van der Waals surface area (Å²) < 4.78 is 9.27. The van der Waals surface area contributed by atoms with Crippen molar-refractivity contribution in [3.05, 3.63) is 141 Å². The van der Waals surface area contributed by atoms with Crippen molar-refractivity contribution in [3.8, 4) is 0 Å². The number of aromatic nitrogens is 5.